The molecule has 2 aromatic carbocycles. The average Bonchev–Trinajstić information content (AvgIpc) is 3.00. The van der Waals surface area contributed by atoms with E-state index in [4.69, 9.17) is 11.5 Å². The fraction of sp³-hybridized carbons (Fsp3) is 0.676. The van der Waals surface area contributed by atoms with Crippen LogP contribution in [0.25, 0.3) is 0 Å². The largest absolute Gasteiger partial charge is 0.398 e. The molecule has 0 atom stereocenters. The van der Waals surface area contributed by atoms with Crippen molar-refractivity contribution in [2.45, 2.75) is 159 Å². The molecule has 4 saturated carbocycles. The molecule has 4 aliphatic rings. The van der Waals surface area contributed by atoms with E-state index in [-0.39, 0.29) is 0 Å². The number of rotatable bonds is 6. The maximum absolute atomic E-state index is 7.05. The van der Waals surface area contributed by atoms with Crippen LogP contribution in [0, 0.1) is 0 Å². The Labute approximate surface area is 238 Å². The molecule has 0 unspecified atom stereocenters. The summed E-state index contributed by atoms with van der Waals surface area (Å²) in [6.45, 7) is 0. The zero-order valence-corrected chi connectivity index (χ0v) is 24.6. The Morgan fingerprint density at radius 3 is 0.846 bits per heavy atom. The van der Waals surface area contributed by atoms with E-state index in [1.54, 1.807) is 0 Å². The molecule has 0 saturated heterocycles. The molecule has 6 rings (SSSR count). The van der Waals surface area contributed by atoms with Crippen molar-refractivity contribution in [1.82, 2.24) is 0 Å². The first kappa shape index (κ1) is 27.2. The molecule has 2 heteroatoms. The lowest BCUT2D eigenvalue weighted by molar-refractivity contribution is 0.436. The predicted octanol–water partition coefficient (Wildman–Crippen LogP) is 10.6. The smallest absolute Gasteiger partial charge is 0.0385 e. The highest BCUT2D eigenvalue weighted by Gasteiger charge is 2.27. The van der Waals surface area contributed by atoms with Crippen LogP contribution in [0.5, 0.6) is 0 Å². The Morgan fingerprint density at radius 2 is 0.615 bits per heavy atom. The van der Waals surface area contributed by atoms with Crippen molar-refractivity contribution in [1.29, 1.82) is 0 Å². The third kappa shape index (κ3) is 6.20. The lowest BCUT2D eigenvalue weighted by Gasteiger charge is -2.30. The normalized spacial score (nSPS) is 22.8. The van der Waals surface area contributed by atoms with Crippen molar-refractivity contribution in [2.75, 3.05) is 11.5 Å². The molecule has 0 spiro atoms. The highest BCUT2D eigenvalue weighted by Crippen LogP contribution is 2.45. The van der Waals surface area contributed by atoms with Gasteiger partial charge in [-0.1, -0.05) is 101 Å². The van der Waals surface area contributed by atoms with Crippen LogP contribution in [-0.2, 0) is 6.42 Å². The van der Waals surface area contributed by atoms with E-state index in [0.29, 0.717) is 23.7 Å². The van der Waals surface area contributed by atoms with Crippen LogP contribution in [0.2, 0.25) is 0 Å². The second-order valence-electron chi connectivity index (χ2n) is 13.9. The molecule has 0 amide bonds. The minimum Gasteiger partial charge on any atom is -0.398 e. The van der Waals surface area contributed by atoms with Crippen LogP contribution in [0.15, 0.2) is 24.3 Å². The molecule has 0 heterocycles. The van der Waals surface area contributed by atoms with Gasteiger partial charge < -0.3 is 11.5 Å². The number of nitrogen functional groups attached to an aromatic ring is 2. The maximum atomic E-state index is 7.05. The van der Waals surface area contributed by atoms with Gasteiger partial charge in [0.25, 0.3) is 0 Å². The summed E-state index contributed by atoms with van der Waals surface area (Å²) in [5.74, 6) is 2.62. The molecule has 4 aliphatic carbocycles. The SMILES string of the molecule is Nc1c(C2CCCCC2)cc(Cc2cc(C3CCCCC3)c(N)c(C3CCCCC3)c2)cc1C1CCCCC1. The molecule has 0 bridgehead atoms. The fourth-order valence-corrected chi connectivity index (χ4v) is 8.97. The molecule has 4 fully saturated rings. The predicted molar refractivity (Wildman–Crippen MR) is 168 cm³/mol. The Kier molecular flexibility index (Phi) is 8.86. The first-order valence-electron chi connectivity index (χ1n) is 17.0. The highest BCUT2D eigenvalue weighted by molar-refractivity contribution is 5.61. The Morgan fingerprint density at radius 1 is 0.385 bits per heavy atom. The highest BCUT2D eigenvalue weighted by atomic mass is 14.6. The lowest BCUT2D eigenvalue weighted by Crippen LogP contribution is -2.15. The third-order valence-electron chi connectivity index (χ3n) is 11.2. The van der Waals surface area contributed by atoms with Gasteiger partial charge in [0, 0.05) is 11.4 Å². The van der Waals surface area contributed by atoms with E-state index < -0.39 is 0 Å². The van der Waals surface area contributed by atoms with Crippen molar-refractivity contribution in [3.05, 3.63) is 57.6 Å². The van der Waals surface area contributed by atoms with E-state index >= 15 is 0 Å². The summed E-state index contributed by atoms with van der Waals surface area (Å²) in [5.41, 5.74) is 25.4. The lowest BCUT2D eigenvalue weighted by atomic mass is 9.76. The summed E-state index contributed by atoms with van der Waals surface area (Å²) in [7, 11) is 0. The first-order chi connectivity index (χ1) is 19.2. The molecular weight excluding hydrogens is 472 g/mol. The molecule has 2 nitrogen and oxygen atoms in total. The van der Waals surface area contributed by atoms with Crippen LogP contribution in [0.1, 0.15) is 185 Å². The third-order valence-corrected chi connectivity index (χ3v) is 11.2. The average molecular weight is 527 g/mol. The van der Waals surface area contributed by atoms with E-state index in [1.165, 1.54) is 162 Å². The Hall–Kier alpha value is -1.96. The van der Waals surface area contributed by atoms with Crippen LogP contribution in [0.3, 0.4) is 0 Å². The molecule has 212 valence electrons. The minimum atomic E-state index is 0.656. The van der Waals surface area contributed by atoms with Crippen LogP contribution >= 0.6 is 0 Å². The summed E-state index contributed by atoms with van der Waals surface area (Å²) in [6.07, 6.45) is 28.0. The molecule has 0 radical (unpaired) electrons. The number of nitrogens with two attached hydrogens (primary N) is 2. The van der Waals surface area contributed by atoms with Gasteiger partial charge in [-0.2, -0.15) is 0 Å². The summed E-state index contributed by atoms with van der Waals surface area (Å²) in [5, 5.41) is 0. The van der Waals surface area contributed by atoms with Gasteiger partial charge in [-0.15, -0.1) is 0 Å². The minimum absolute atomic E-state index is 0.656. The zero-order valence-electron chi connectivity index (χ0n) is 24.6. The molecule has 0 aromatic heterocycles. The van der Waals surface area contributed by atoms with E-state index in [1.807, 2.05) is 0 Å². The Bertz CT molecular complexity index is 927. The van der Waals surface area contributed by atoms with Gasteiger partial charge in [0.1, 0.15) is 0 Å². The fourth-order valence-electron chi connectivity index (χ4n) is 8.97. The van der Waals surface area contributed by atoms with Crippen molar-refractivity contribution >= 4 is 11.4 Å². The number of hydrogen-bond donors (Lipinski definition) is 2. The van der Waals surface area contributed by atoms with Crippen LogP contribution in [-0.4, -0.2) is 0 Å². The van der Waals surface area contributed by atoms with E-state index in [2.05, 4.69) is 24.3 Å². The number of hydrogen-bond acceptors (Lipinski definition) is 2. The molecule has 4 N–H and O–H groups in total. The van der Waals surface area contributed by atoms with Gasteiger partial charge in [0.15, 0.2) is 0 Å². The Balaban J connectivity index is 1.38. The van der Waals surface area contributed by atoms with Crippen LogP contribution in [0.4, 0.5) is 11.4 Å². The van der Waals surface area contributed by atoms with Crippen molar-refractivity contribution in [3.8, 4) is 0 Å². The van der Waals surface area contributed by atoms with Gasteiger partial charge in [0.2, 0.25) is 0 Å². The standard InChI is InChI=1S/C37H54N2/c38-36-32(28-13-5-1-6-14-28)22-26(23-33(36)29-15-7-2-8-16-29)21-27-24-34(30-17-9-3-10-18-30)37(39)35(25-27)31-19-11-4-12-20-31/h22-25,28-31H,1-21,38-39H2. The van der Waals surface area contributed by atoms with Crippen molar-refractivity contribution in [3.63, 3.8) is 0 Å². The second-order valence-corrected chi connectivity index (χ2v) is 13.9. The first-order valence-corrected chi connectivity index (χ1v) is 17.0. The van der Waals surface area contributed by atoms with E-state index in [0.717, 1.165) is 17.8 Å². The summed E-state index contributed by atoms with van der Waals surface area (Å²) < 4.78 is 0. The van der Waals surface area contributed by atoms with Crippen LogP contribution < -0.4 is 11.5 Å². The second kappa shape index (κ2) is 12.7. The zero-order chi connectivity index (χ0) is 26.6. The van der Waals surface area contributed by atoms with E-state index in [9.17, 15) is 0 Å². The van der Waals surface area contributed by atoms with Gasteiger partial charge in [0.05, 0.1) is 0 Å². The molecule has 2 aromatic rings. The molecule has 39 heavy (non-hydrogen) atoms. The quantitative estimate of drug-likeness (QED) is 0.368. The number of benzene rings is 2. The molecular formula is C37H54N2. The van der Waals surface area contributed by atoms with Crippen molar-refractivity contribution in [2.24, 2.45) is 0 Å². The van der Waals surface area contributed by atoms with Gasteiger partial charge in [-0.3, -0.25) is 0 Å². The van der Waals surface area contributed by atoms with Gasteiger partial charge in [-0.25, -0.2) is 0 Å². The summed E-state index contributed by atoms with van der Waals surface area (Å²) >= 11 is 0. The van der Waals surface area contributed by atoms with Crippen molar-refractivity contribution < 1.29 is 0 Å². The monoisotopic (exact) mass is 526 g/mol. The van der Waals surface area contributed by atoms with Gasteiger partial charge >= 0.3 is 0 Å². The summed E-state index contributed by atoms with van der Waals surface area (Å²) in [6, 6.07) is 10.1. The topological polar surface area (TPSA) is 52.0 Å². The van der Waals surface area contributed by atoms with Gasteiger partial charge in [-0.05, 0) is 115 Å². The number of anilines is 2. The maximum Gasteiger partial charge on any atom is 0.0385 e. The molecule has 0 aliphatic heterocycles. The summed E-state index contributed by atoms with van der Waals surface area (Å²) in [4.78, 5) is 0.